The van der Waals surface area contributed by atoms with Crippen molar-refractivity contribution in [2.45, 2.75) is 19.9 Å². The molecule has 1 saturated heterocycles. The van der Waals surface area contributed by atoms with Gasteiger partial charge in [-0.2, -0.15) is 0 Å². The van der Waals surface area contributed by atoms with E-state index in [1.807, 2.05) is 60.7 Å². The summed E-state index contributed by atoms with van der Waals surface area (Å²) >= 11 is 12.2. The minimum Gasteiger partial charge on any atom is -0.292 e. The minimum absolute atomic E-state index is 0.0850. The molecule has 0 aromatic heterocycles. The molecule has 0 atom stereocenters. The van der Waals surface area contributed by atoms with E-state index in [4.69, 9.17) is 23.2 Å². The summed E-state index contributed by atoms with van der Waals surface area (Å²) in [5.41, 5.74) is 3.43. The van der Waals surface area contributed by atoms with Crippen molar-refractivity contribution in [3.63, 3.8) is 0 Å². The van der Waals surface area contributed by atoms with Crippen LogP contribution < -0.4 is 0 Å². The molecule has 2 aromatic rings. The molecule has 0 saturated carbocycles. The van der Waals surface area contributed by atoms with Crippen LogP contribution in [0.2, 0.25) is 10.0 Å². The van der Waals surface area contributed by atoms with Gasteiger partial charge in [0.1, 0.15) is 0 Å². The summed E-state index contributed by atoms with van der Waals surface area (Å²) in [4.78, 5) is 15.3. The molecule has 1 fully saturated rings. The first-order valence-electron chi connectivity index (χ1n) is 8.63. The number of Topliss-reactive ketones (excluding diaryl/α,β-unsaturated/α-hetero) is 1. The SMILES string of the molecule is CC(C)N1C/C(=C\c2cccc(Cl)c2)C(=O)/C(=C/c2cccc(Cl)c2)C1. The molecule has 0 N–H and O–H groups in total. The number of hydrogen-bond acceptors (Lipinski definition) is 2. The molecule has 3 rings (SSSR count). The third-order valence-electron chi connectivity index (χ3n) is 4.44. The fourth-order valence-electron chi connectivity index (χ4n) is 3.03. The second-order valence-corrected chi connectivity index (χ2v) is 7.65. The van der Waals surface area contributed by atoms with Gasteiger partial charge in [0.15, 0.2) is 5.78 Å². The number of benzene rings is 2. The molecule has 1 aliphatic heterocycles. The highest BCUT2D eigenvalue weighted by atomic mass is 35.5. The zero-order valence-electron chi connectivity index (χ0n) is 14.9. The van der Waals surface area contributed by atoms with E-state index in [0.717, 1.165) is 22.3 Å². The molecule has 4 heteroatoms. The molecular weight excluding hydrogens is 365 g/mol. The number of ketones is 1. The van der Waals surface area contributed by atoms with Crippen LogP contribution in [-0.2, 0) is 4.79 Å². The van der Waals surface area contributed by atoms with Crippen molar-refractivity contribution in [3.8, 4) is 0 Å². The van der Waals surface area contributed by atoms with Crippen molar-refractivity contribution in [2.75, 3.05) is 13.1 Å². The van der Waals surface area contributed by atoms with Crippen molar-refractivity contribution in [3.05, 3.63) is 80.8 Å². The van der Waals surface area contributed by atoms with E-state index in [9.17, 15) is 4.79 Å². The minimum atomic E-state index is 0.0850. The maximum Gasteiger partial charge on any atom is 0.187 e. The van der Waals surface area contributed by atoms with Crippen LogP contribution in [0.5, 0.6) is 0 Å². The zero-order chi connectivity index (χ0) is 18.7. The Morgan fingerprint density at radius 2 is 1.35 bits per heavy atom. The van der Waals surface area contributed by atoms with Crippen molar-refractivity contribution in [1.82, 2.24) is 4.90 Å². The number of nitrogens with zero attached hydrogens (tertiary/aromatic N) is 1. The second kappa shape index (κ2) is 8.22. The van der Waals surface area contributed by atoms with Crippen LogP contribution in [0, 0.1) is 0 Å². The summed E-state index contributed by atoms with van der Waals surface area (Å²) in [6.45, 7) is 5.55. The Kier molecular flexibility index (Phi) is 5.98. The highest BCUT2D eigenvalue weighted by molar-refractivity contribution is 6.31. The largest absolute Gasteiger partial charge is 0.292 e. The average Bonchev–Trinajstić information content (AvgIpc) is 2.58. The lowest BCUT2D eigenvalue weighted by Gasteiger charge is -2.32. The normalized spacial score (nSPS) is 18.9. The Hall–Kier alpha value is -1.87. The number of carbonyl (C=O) groups is 1. The number of rotatable bonds is 3. The summed E-state index contributed by atoms with van der Waals surface area (Å²) in [5.74, 6) is 0.0850. The molecule has 0 spiro atoms. The van der Waals surface area contributed by atoms with E-state index in [1.54, 1.807) is 0 Å². The fraction of sp³-hybridized carbons (Fsp3) is 0.227. The maximum atomic E-state index is 13.0. The molecule has 0 aliphatic carbocycles. The quantitative estimate of drug-likeness (QED) is 0.626. The molecule has 26 heavy (non-hydrogen) atoms. The van der Waals surface area contributed by atoms with Crippen LogP contribution in [-0.4, -0.2) is 29.8 Å². The molecule has 2 nitrogen and oxygen atoms in total. The van der Waals surface area contributed by atoms with Crippen LogP contribution in [0.1, 0.15) is 25.0 Å². The van der Waals surface area contributed by atoms with E-state index < -0.39 is 0 Å². The van der Waals surface area contributed by atoms with Gasteiger partial charge in [0.2, 0.25) is 0 Å². The van der Waals surface area contributed by atoms with E-state index in [-0.39, 0.29) is 5.78 Å². The van der Waals surface area contributed by atoms with Crippen LogP contribution in [0.15, 0.2) is 59.7 Å². The summed E-state index contributed by atoms with van der Waals surface area (Å²) in [7, 11) is 0. The Bertz CT molecular complexity index is 816. The van der Waals surface area contributed by atoms with Crippen molar-refractivity contribution in [2.24, 2.45) is 0 Å². The zero-order valence-corrected chi connectivity index (χ0v) is 16.4. The van der Waals surface area contributed by atoms with Gasteiger partial charge in [0, 0.05) is 40.3 Å². The first kappa shape index (κ1) is 18.9. The van der Waals surface area contributed by atoms with Crippen molar-refractivity contribution < 1.29 is 4.79 Å². The average molecular weight is 386 g/mol. The van der Waals surface area contributed by atoms with Gasteiger partial charge in [-0.25, -0.2) is 0 Å². The highest BCUT2D eigenvalue weighted by Crippen LogP contribution is 2.25. The molecule has 0 unspecified atom stereocenters. The van der Waals surface area contributed by atoms with E-state index in [2.05, 4.69) is 18.7 Å². The first-order valence-corrected chi connectivity index (χ1v) is 9.39. The number of piperidine rings is 1. The van der Waals surface area contributed by atoms with E-state index in [1.165, 1.54) is 0 Å². The summed E-state index contributed by atoms with van der Waals surface area (Å²) in [6, 6.07) is 15.5. The van der Waals surface area contributed by atoms with E-state index >= 15 is 0 Å². The van der Waals surface area contributed by atoms with Gasteiger partial charge in [-0.3, -0.25) is 9.69 Å². The standard InChI is InChI=1S/C22H21Cl2NO/c1-15(2)25-13-18(9-16-5-3-7-20(23)11-16)22(26)19(14-25)10-17-6-4-8-21(24)12-17/h3-12,15H,13-14H2,1-2H3/b18-9+,19-10+. The van der Waals surface area contributed by atoms with Crippen LogP contribution in [0.4, 0.5) is 0 Å². The molecular formula is C22H21Cl2NO. The number of carbonyl (C=O) groups excluding carboxylic acids is 1. The fourth-order valence-corrected chi connectivity index (χ4v) is 3.42. The van der Waals surface area contributed by atoms with E-state index in [0.29, 0.717) is 29.2 Å². The highest BCUT2D eigenvalue weighted by Gasteiger charge is 2.27. The van der Waals surface area contributed by atoms with Gasteiger partial charge >= 0.3 is 0 Å². The Labute approximate surface area is 164 Å². The Balaban J connectivity index is 1.99. The molecule has 0 radical (unpaired) electrons. The van der Waals surface area contributed by atoms with Crippen LogP contribution in [0.25, 0.3) is 12.2 Å². The van der Waals surface area contributed by atoms with Gasteiger partial charge in [-0.05, 0) is 61.4 Å². The van der Waals surface area contributed by atoms with Gasteiger partial charge < -0.3 is 0 Å². The smallest absolute Gasteiger partial charge is 0.187 e. The van der Waals surface area contributed by atoms with Gasteiger partial charge in [0.05, 0.1) is 0 Å². The van der Waals surface area contributed by atoms with Gasteiger partial charge in [-0.15, -0.1) is 0 Å². The molecule has 1 heterocycles. The lowest BCUT2D eigenvalue weighted by Crippen LogP contribution is -2.41. The third-order valence-corrected chi connectivity index (χ3v) is 4.91. The molecule has 2 aromatic carbocycles. The topological polar surface area (TPSA) is 20.3 Å². The van der Waals surface area contributed by atoms with Crippen LogP contribution in [0.3, 0.4) is 0 Å². The predicted octanol–water partition coefficient (Wildman–Crippen LogP) is 5.75. The monoisotopic (exact) mass is 385 g/mol. The van der Waals surface area contributed by atoms with Crippen LogP contribution >= 0.6 is 23.2 Å². The molecule has 1 aliphatic rings. The number of hydrogen-bond donors (Lipinski definition) is 0. The molecule has 134 valence electrons. The van der Waals surface area contributed by atoms with Gasteiger partial charge in [0.25, 0.3) is 0 Å². The molecule has 0 amide bonds. The van der Waals surface area contributed by atoms with Crippen molar-refractivity contribution >= 4 is 41.1 Å². The Morgan fingerprint density at radius 3 is 1.73 bits per heavy atom. The lowest BCUT2D eigenvalue weighted by atomic mass is 9.93. The van der Waals surface area contributed by atoms with Gasteiger partial charge in [-0.1, -0.05) is 47.5 Å². The summed E-state index contributed by atoms with van der Waals surface area (Å²) < 4.78 is 0. The first-order chi connectivity index (χ1) is 12.4. The third kappa shape index (κ3) is 4.64. The predicted molar refractivity (Wildman–Crippen MR) is 111 cm³/mol. The molecule has 0 bridgehead atoms. The number of likely N-dealkylation sites (tertiary alicyclic amines) is 1. The Morgan fingerprint density at radius 1 is 0.885 bits per heavy atom. The summed E-state index contributed by atoms with van der Waals surface area (Å²) in [5, 5.41) is 1.33. The maximum absolute atomic E-state index is 13.0. The summed E-state index contributed by atoms with van der Waals surface area (Å²) in [6.07, 6.45) is 3.88. The second-order valence-electron chi connectivity index (χ2n) is 6.78. The number of halogens is 2. The van der Waals surface area contributed by atoms with Crippen molar-refractivity contribution in [1.29, 1.82) is 0 Å². The lowest BCUT2D eigenvalue weighted by molar-refractivity contribution is -0.113.